The summed E-state index contributed by atoms with van der Waals surface area (Å²) in [5.41, 5.74) is 0. The van der Waals surface area contributed by atoms with Crippen LogP contribution in [0, 0.1) is 0 Å². The molecule has 0 aromatic carbocycles. The standard InChI is InChI=1S/C10H22N.C5H10.In/c1-4-7-10-11(8-5-2)9-6-3;1-3-5-4-2;/h1,4-10H2,2-3H3;1-5H2;. The SMILES string of the molecule is CCCN(CCC)CCC[CH2][In]1[CH2]CCC[CH2]1. The molecule has 0 N–H and O–H groups in total. The first kappa shape index (κ1) is 15.9. The minimum atomic E-state index is -0.915. The second-order valence-corrected chi connectivity index (χ2v) is 15.7. The third kappa shape index (κ3) is 7.77. The van der Waals surface area contributed by atoms with Crippen LogP contribution < -0.4 is 0 Å². The van der Waals surface area contributed by atoms with E-state index in [1.54, 1.807) is 38.2 Å². The molecule has 1 rings (SSSR count). The third-order valence-electron chi connectivity index (χ3n) is 4.14. The monoisotopic (exact) mass is 341 g/mol. The van der Waals surface area contributed by atoms with Gasteiger partial charge < -0.3 is 0 Å². The molecule has 100 valence electrons. The Morgan fingerprint density at radius 3 is 2.06 bits per heavy atom. The molecule has 1 saturated heterocycles. The molecular weight excluding hydrogens is 309 g/mol. The summed E-state index contributed by atoms with van der Waals surface area (Å²) in [7, 11) is 0. The number of rotatable bonds is 9. The van der Waals surface area contributed by atoms with Gasteiger partial charge >= 0.3 is 117 Å². The van der Waals surface area contributed by atoms with Crippen LogP contribution in [0.1, 0.15) is 58.8 Å². The third-order valence-corrected chi connectivity index (χ3v) is 14.6. The van der Waals surface area contributed by atoms with Gasteiger partial charge in [-0.15, -0.1) is 0 Å². The van der Waals surface area contributed by atoms with Crippen molar-refractivity contribution in [3.05, 3.63) is 0 Å². The quantitative estimate of drug-likeness (QED) is 0.556. The van der Waals surface area contributed by atoms with Gasteiger partial charge in [0.05, 0.1) is 0 Å². The van der Waals surface area contributed by atoms with Gasteiger partial charge in [0, 0.05) is 0 Å². The predicted octanol–water partition coefficient (Wildman–Crippen LogP) is 4.57. The normalized spacial score (nSPS) is 16.8. The molecule has 0 spiro atoms. The second kappa shape index (κ2) is 10.7. The number of hydrogen-bond donors (Lipinski definition) is 0. The molecule has 1 nitrogen and oxygen atoms in total. The molecule has 1 fully saturated rings. The minimum absolute atomic E-state index is 0.915. The molecular formula is C15H32InN. The van der Waals surface area contributed by atoms with Crippen molar-refractivity contribution in [3.63, 3.8) is 0 Å². The zero-order valence-electron chi connectivity index (χ0n) is 12.2. The van der Waals surface area contributed by atoms with Gasteiger partial charge in [0.15, 0.2) is 0 Å². The van der Waals surface area contributed by atoms with Crippen molar-refractivity contribution in [3.8, 4) is 0 Å². The fourth-order valence-electron chi connectivity index (χ4n) is 3.21. The topological polar surface area (TPSA) is 3.24 Å². The van der Waals surface area contributed by atoms with Crippen LogP contribution in [0.25, 0.3) is 0 Å². The Balaban J connectivity index is 2.00. The van der Waals surface area contributed by atoms with Crippen LogP contribution in [-0.2, 0) is 0 Å². The number of unbranched alkanes of at least 4 members (excludes halogenated alkanes) is 1. The van der Waals surface area contributed by atoms with Crippen LogP contribution in [0.15, 0.2) is 0 Å². The molecule has 0 saturated carbocycles. The molecule has 1 heterocycles. The van der Waals surface area contributed by atoms with Gasteiger partial charge in [-0.05, 0) is 0 Å². The Hall–Kier alpha value is 0.830. The van der Waals surface area contributed by atoms with Gasteiger partial charge in [-0.2, -0.15) is 0 Å². The molecule has 0 amide bonds. The van der Waals surface area contributed by atoms with Gasteiger partial charge in [0.25, 0.3) is 0 Å². The van der Waals surface area contributed by atoms with E-state index in [4.69, 9.17) is 0 Å². The molecule has 0 aromatic heterocycles. The summed E-state index contributed by atoms with van der Waals surface area (Å²) in [5, 5.41) is 0. The van der Waals surface area contributed by atoms with E-state index < -0.39 is 21.4 Å². The molecule has 17 heavy (non-hydrogen) atoms. The van der Waals surface area contributed by atoms with E-state index in [2.05, 4.69) is 18.7 Å². The Labute approximate surface area is 117 Å². The molecule has 1 aliphatic heterocycles. The second-order valence-electron chi connectivity index (χ2n) is 5.84. The summed E-state index contributed by atoms with van der Waals surface area (Å²) in [6, 6.07) is 0. The van der Waals surface area contributed by atoms with Crippen molar-refractivity contribution >= 4 is 21.4 Å². The molecule has 0 aliphatic carbocycles. The number of nitrogens with zero attached hydrogens (tertiary/aromatic N) is 1. The zero-order valence-corrected chi connectivity index (χ0v) is 15.5. The summed E-state index contributed by atoms with van der Waals surface area (Å²) in [5.74, 6) is 0. The summed E-state index contributed by atoms with van der Waals surface area (Å²) in [6.07, 6.45) is 10.4. The van der Waals surface area contributed by atoms with E-state index in [9.17, 15) is 0 Å². The predicted molar refractivity (Wildman–Crippen MR) is 80.3 cm³/mol. The fourth-order valence-corrected chi connectivity index (χ4v) is 13.1. The van der Waals surface area contributed by atoms with Gasteiger partial charge in [0.1, 0.15) is 0 Å². The van der Waals surface area contributed by atoms with E-state index in [0.717, 1.165) is 0 Å². The van der Waals surface area contributed by atoms with E-state index in [0.29, 0.717) is 0 Å². The Kier molecular flexibility index (Phi) is 10.0. The molecule has 0 atom stereocenters. The molecule has 0 aromatic rings. The van der Waals surface area contributed by atoms with Crippen molar-refractivity contribution in [1.82, 2.24) is 4.90 Å². The van der Waals surface area contributed by atoms with Gasteiger partial charge in [-0.1, -0.05) is 0 Å². The van der Waals surface area contributed by atoms with Crippen molar-refractivity contribution < 1.29 is 0 Å². The van der Waals surface area contributed by atoms with Crippen molar-refractivity contribution in [2.24, 2.45) is 0 Å². The molecule has 0 radical (unpaired) electrons. The van der Waals surface area contributed by atoms with Crippen LogP contribution >= 0.6 is 0 Å². The maximum absolute atomic E-state index is 2.68. The van der Waals surface area contributed by atoms with E-state index in [-0.39, 0.29) is 0 Å². The average molecular weight is 341 g/mol. The van der Waals surface area contributed by atoms with Gasteiger partial charge in [-0.25, -0.2) is 0 Å². The summed E-state index contributed by atoms with van der Waals surface area (Å²) < 4.78 is 5.18. The fraction of sp³-hybridized carbons (Fsp3) is 1.00. The van der Waals surface area contributed by atoms with Crippen LogP contribution in [0.2, 0.25) is 12.5 Å². The first-order valence-electron chi connectivity index (χ1n) is 8.09. The summed E-state index contributed by atoms with van der Waals surface area (Å²) in [6.45, 7) is 8.63. The van der Waals surface area contributed by atoms with Crippen molar-refractivity contribution in [2.45, 2.75) is 71.3 Å². The molecule has 0 unspecified atom stereocenters. The Bertz CT molecular complexity index is 160. The first-order valence-corrected chi connectivity index (χ1v) is 15.1. The van der Waals surface area contributed by atoms with Crippen LogP contribution in [-0.4, -0.2) is 46.0 Å². The average Bonchev–Trinajstić information content (AvgIpc) is 2.36. The van der Waals surface area contributed by atoms with E-state index in [1.807, 2.05) is 0 Å². The van der Waals surface area contributed by atoms with E-state index in [1.165, 1.54) is 38.9 Å². The van der Waals surface area contributed by atoms with Crippen LogP contribution in [0.4, 0.5) is 0 Å². The molecule has 1 aliphatic rings. The first-order chi connectivity index (χ1) is 8.36. The Morgan fingerprint density at radius 2 is 1.47 bits per heavy atom. The van der Waals surface area contributed by atoms with Gasteiger partial charge in [0.2, 0.25) is 0 Å². The summed E-state index contributed by atoms with van der Waals surface area (Å²) >= 11 is -0.915. The molecule has 2 heteroatoms. The van der Waals surface area contributed by atoms with Crippen LogP contribution in [0.5, 0.6) is 0 Å². The molecule has 0 bridgehead atoms. The summed E-state index contributed by atoms with van der Waals surface area (Å²) in [4.78, 5) is 2.68. The van der Waals surface area contributed by atoms with Crippen molar-refractivity contribution in [2.75, 3.05) is 19.6 Å². The van der Waals surface area contributed by atoms with Gasteiger partial charge in [-0.3, -0.25) is 0 Å². The number of hydrogen-bond acceptors (Lipinski definition) is 1. The zero-order chi connectivity index (χ0) is 12.3. The van der Waals surface area contributed by atoms with Crippen LogP contribution in [0.3, 0.4) is 0 Å². The Morgan fingerprint density at radius 1 is 0.824 bits per heavy atom. The maximum atomic E-state index is 2.68. The van der Waals surface area contributed by atoms with Crippen molar-refractivity contribution in [1.29, 1.82) is 0 Å². The van der Waals surface area contributed by atoms with E-state index >= 15 is 0 Å².